The Morgan fingerprint density at radius 2 is 1.60 bits per heavy atom. The molecule has 7 nitrogen and oxygen atoms in total. The minimum Gasteiger partial charge on any atom is -0.324 e. The number of hydrogen-bond acceptors (Lipinski definition) is 5. The Balaban J connectivity index is 1.67. The number of sulfonamides is 1. The second-order valence-corrected chi connectivity index (χ2v) is 11.4. The maximum absolute atomic E-state index is 13.6. The van der Waals surface area contributed by atoms with Crippen LogP contribution in [0.5, 0.6) is 0 Å². The highest BCUT2D eigenvalue weighted by Crippen LogP contribution is 2.27. The van der Waals surface area contributed by atoms with E-state index in [1.165, 1.54) is 0 Å². The monoisotopic (exact) mass is 509 g/mol. The number of aryl methyl sites for hydroxylation is 4. The van der Waals surface area contributed by atoms with Crippen molar-refractivity contribution in [1.82, 2.24) is 4.57 Å². The molecule has 1 aromatic heterocycles. The smallest absolute Gasteiger partial charge is 0.308 e. The average Bonchev–Trinajstić information content (AvgIpc) is 3.11. The van der Waals surface area contributed by atoms with Gasteiger partial charge in [-0.05, 0) is 81.3 Å². The molecule has 1 heterocycles. The maximum Gasteiger partial charge on any atom is 0.308 e. The van der Waals surface area contributed by atoms with E-state index in [9.17, 15) is 18.0 Å². The lowest BCUT2D eigenvalue weighted by Crippen LogP contribution is -2.38. The summed E-state index contributed by atoms with van der Waals surface area (Å²) in [5.74, 6) is -0.485. The SMILES string of the molecule is CCn1c(=O)sc2cc(NC(=O)CN(c3cc(C)cc(C)c3)S(=O)(=O)c3ccc(C)cc3)ccc21. The van der Waals surface area contributed by atoms with E-state index in [4.69, 9.17) is 0 Å². The Bertz CT molecular complexity index is 1550. The second kappa shape index (κ2) is 9.67. The zero-order valence-electron chi connectivity index (χ0n) is 20.0. The minimum atomic E-state index is -4.00. The van der Waals surface area contributed by atoms with Gasteiger partial charge in [0.25, 0.3) is 10.0 Å². The molecule has 0 bridgehead atoms. The van der Waals surface area contributed by atoms with Crippen LogP contribution in [-0.2, 0) is 21.4 Å². The summed E-state index contributed by atoms with van der Waals surface area (Å²) in [5, 5.41) is 2.79. The minimum absolute atomic E-state index is 0.0591. The zero-order valence-corrected chi connectivity index (χ0v) is 21.7. The summed E-state index contributed by atoms with van der Waals surface area (Å²) in [4.78, 5) is 25.3. The summed E-state index contributed by atoms with van der Waals surface area (Å²) in [5.41, 5.74) is 4.45. The van der Waals surface area contributed by atoms with E-state index in [1.54, 1.807) is 59.2 Å². The van der Waals surface area contributed by atoms with Crippen molar-refractivity contribution in [1.29, 1.82) is 0 Å². The van der Waals surface area contributed by atoms with E-state index in [1.807, 2.05) is 33.8 Å². The van der Waals surface area contributed by atoms with Gasteiger partial charge < -0.3 is 5.32 Å². The van der Waals surface area contributed by atoms with E-state index < -0.39 is 22.5 Å². The van der Waals surface area contributed by atoms with Crippen molar-refractivity contribution in [3.63, 3.8) is 0 Å². The molecule has 0 aliphatic carbocycles. The van der Waals surface area contributed by atoms with Crippen LogP contribution >= 0.6 is 11.3 Å². The van der Waals surface area contributed by atoms with Crippen molar-refractivity contribution in [2.24, 2.45) is 0 Å². The molecule has 0 spiro atoms. The van der Waals surface area contributed by atoms with Crippen LogP contribution in [0.4, 0.5) is 11.4 Å². The molecule has 0 unspecified atom stereocenters. The number of nitrogens with one attached hydrogen (secondary N) is 1. The second-order valence-electron chi connectivity index (χ2n) is 8.51. The van der Waals surface area contributed by atoms with Crippen molar-refractivity contribution in [2.45, 2.75) is 39.1 Å². The van der Waals surface area contributed by atoms with Gasteiger partial charge in [0, 0.05) is 12.2 Å². The van der Waals surface area contributed by atoms with Crippen LogP contribution in [0, 0.1) is 20.8 Å². The maximum atomic E-state index is 13.6. The van der Waals surface area contributed by atoms with E-state index in [0.29, 0.717) is 17.9 Å². The first-order valence-electron chi connectivity index (χ1n) is 11.2. The van der Waals surface area contributed by atoms with Gasteiger partial charge in [-0.2, -0.15) is 0 Å². The number of aromatic nitrogens is 1. The first kappa shape index (κ1) is 24.7. The molecule has 0 radical (unpaired) electrons. The molecule has 4 aromatic rings. The van der Waals surface area contributed by atoms with Crippen molar-refractivity contribution in [3.05, 3.63) is 87.0 Å². The van der Waals surface area contributed by atoms with Gasteiger partial charge in [-0.25, -0.2) is 8.42 Å². The van der Waals surface area contributed by atoms with E-state index in [0.717, 1.165) is 42.5 Å². The summed E-state index contributed by atoms with van der Waals surface area (Å²) in [7, 11) is -4.00. The number of carbonyl (C=O) groups is 1. The third-order valence-electron chi connectivity index (χ3n) is 5.66. The van der Waals surface area contributed by atoms with E-state index in [-0.39, 0.29) is 9.77 Å². The number of anilines is 2. The standard InChI is InChI=1S/C26H27N3O4S2/c1-5-28-23-11-8-20(15-24(23)34-26(28)31)27-25(30)16-29(21-13-18(3)12-19(4)14-21)35(32,33)22-9-6-17(2)7-10-22/h6-15H,5,16H2,1-4H3,(H,27,30). The van der Waals surface area contributed by atoms with Crippen molar-refractivity contribution in [3.8, 4) is 0 Å². The van der Waals surface area contributed by atoms with Gasteiger partial charge in [0.05, 0.1) is 20.8 Å². The molecule has 182 valence electrons. The highest BCUT2D eigenvalue weighted by molar-refractivity contribution is 7.92. The molecule has 3 aromatic carbocycles. The highest BCUT2D eigenvalue weighted by atomic mass is 32.2. The predicted molar refractivity (Wildman–Crippen MR) is 142 cm³/mol. The largest absolute Gasteiger partial charge is 0.324 e. The molecule has 35 heavy (non-hydrogen) atoms. The van der Waals surface area contributed by atoms with E-state index >= 15 is 0 Å². The van der Waals surface area contributed by atoms with Crippen LogP contribution in [0.15, 0.2) is 70.4 Å². The van der Waals surface area contributed by atoms with Gasteiger partial charge >= 0.3 is 4.87 Å². The molecule has 9 heteroatoms. The van der Waals surface area contributed by atoms with Crippen LogP contribution in [0.25, 0.3) is 10.2 Å². The normalized spacial score (nSPS) is 11.5. The van der Waals surface area contributed by atoms with E-state index in [2.05, 4.69) is 5.32 Å². The molecule has 1 amide bonds. The molecule has 1 N–H and O–H groups in total. The fraction of sp³-hybridized carbons (Fsp3) is 0.231. The molecule has 0 saturated heterocycles. The molecular weight excluding hydrogens is 482 g/mol. The van der Waals surface area contributed by atoms with Gasteiger partial charge in [0.2, 0.25) is 5.91 Å². The summed E-state index contributed by atoms with van der Waals surface area (Å²) in [6.07, 6.45) is 0. The molecule has 0 atom stereocenters. The molecule has 0 fully saturated rings. The van der Waals surface area contributed by atoms with Crippen LogP contribution in [0.2, 0.25) is 0 Å². The lowest BCUT2D eigenvalue weighted by atomic mass is 10.1. The number of rotatable bonds is 7. The Morgan fingerprint density at radius 3 is 2.23 bits per heavy atom. The highest BCUT2D eigenvalue weighted by Gasteiger charge is 2.27. The zero-order chi connectivity index (χ0) is 25.3. The lowest BCUT2D eigenvalue weighted by molar-refractivity contribution is -0.114. The van der Waals surface area contributed by atoms with Crippen LogP contribution < -0.4 is 14.5 Å². The first-order chi connectivity index (χ1) is 16.6. The third kappa shape index (κ3) is 5.16. The Hall–Kier alpha value is -3.43. The number of thiazole rings is 1. The van der Waals surface area contributed by atoms with Crippen molar-refractivity contribution in [2.75, 3.05) is 16.2 Å². The third-order valence-corrected chi connectivity index (χ3v) is 8.39. The van der Waals surface area contributed by atoms with Gasteiger partial charge in [0.1, 0.15) is 6.54 Å². The molecule has 0 aliphatic heterocycles. The number of amides is 1. The molecular formula is C26H27N3O4S2. The van der Waals surface area contributed by atoms with Gasteiger partial charge in [-0.15, -0.1) is 0 Å². The summed E-state index contributed by atoms with van der Waals surface area (Å²) in [6.45, 7) is 7.72. The summed E-state index contributed by atoms with van der Waals surface area (Å²) in [6, 6.07) is 17.3. The lowest BCUT2D eigenvalue weighted by Gasteiger charge is -2.25. The summed E-state index contributed by atoms with van der Waals surface area (Å²) >= 11 is 1.11. The molecule has 0 saturated carbocycles. The summed E-state index contributed by atoms with van der Waals surface area (Å²) < 4.78 is 30.8. The number of carbonyl (C=O) groups excluding carboxylic acids is 1. The number of fused-ring (bicyclic) bond motifs is 1. The fourth-order valence-electron chi connectivity index (χ4n) is 4.02. The van der Waals surface area contributed by atoms with Crippen molar-refractivity contribution >= 4 is 48.9 Å². The van der Waals surface area contributed by atoms with Gasteiger partial charge in [-0.1, -0.05) is 35.1 Å². The first-order valence-corrected chi connectivity index (χ1v) is 13.4. The number of hydrogen-bond donors (Lipinski definition) is 1. The predicted octanol–water partition coefficient (Wildman–Crippen LogP) is 4.84. The van der Waals surface area contributed by atoms with Gasteiger partial charge in [0.15, 0.2) is 0 Å². The quantitative estimate of drug-likeness (QED) is 0.386. The fourth-order valence-corrected chi connectivity index (χ4v) is 6.42. The van der Waals surface area contributed by atoms with Gasteiger partial charge in [-0.3, -0.25) is 18.5 Å². The van der Waals surface area contributed by atoms with Crippen molar-refractivity contribution < 1.29 is 13.2 Å². The van der Waals surface area contributed by atoms with Crippen LogP contribution in [-0.4, -0.2) is 25.4 Å². The Morgan fingerprint density at radius 1 is 0.943 bits per heavy atom. The Kier molecular flexibility index (Phi) is 6.82. The number of benzene rings is 3. The average molecular weight is 510 g/mol. The topological polar surface area (TPSA) is 88.5 Å². The number of nitrogens with zero attached hydrogens (tertiary/aromatic N) is 2. The van der Waals surface area contributed by atoms with Crippen LogP contribution in [0.1, 0.15) is 23.6 Å². The Labute approximate surface area is 208 Å². The van der Waals surface area contributed by atoms with Crippen LogP contribution in [0.3, 0.4) is 0 Å². The molecule has 4 rings (SSSR count). The molecule has 0 aliphatic rings.